The van der Waals surface area contributed by atoms with E-state index >= 15 is 0 Å². The van der Waals surface area contributed by atoms with Gasteiger partial charge in [0.25, 0.3) is 11.5 Å². The number of rotatable bonds is 4. The highest BCUT2D eigenvalue weighted by atomic mass is 16.3. The van der Waals surface area contributed by atoms with Crippen molar-refractivity contribution >= 4 is 16.9 Å². The van der Waals surface area contributed by atoms with Gasteiger partial charge in [-0.2, -0.15) is 0 Å². The predicted octanol–water partition coefficient (Wildman–Crippen LogP) is -0.913. The molecule has 8 nitrogen and oxygen atoms in total. The van der Waals surface area contributed by atoms with E-state index in [4.69, 9.17) is 5.11 Å². The number of aromatic nitrogens is 3. The van der Waals surface area contributed by atoms with Crippen molar-refractivity contribution in [3.63, 3.8) is 0 Å². The molecule has 1 amide bonds. The second-order valence-electron chi connectivity index (χ2n) is 4.91. The summed E-state index contributed by atoms with van der Waals surface area (Å²) in [4.78, 5) is 41.9. The number of aliphatic hydroxyl groups is 1. The molecule has 0 radical (unpaired) electrons. The number of aryl methyl sites for hydroxylation is 1. The molecule has 118 valence electrons. The molecule has 2 aromatic heterocycles. The van der Waals surface area contributed by atoms with Crippen LogP contribution in [0.2, 0.25) is 0 Å². The van der Waals surface area contributed by atoms with Gasteiger partial charge in [0.05, 0.1) is 17.6 Å². The smallest absolute Gasteiger partial charge is 0.332 e. The fourth-order valence-corrected chi connectivity index (χ4v) is 2.29. The van der Waals surface area contributed by atoms with Crippen LogP contribution in [0.4, 0.5) is 0 Å². The highest BCUT2D eigenvalue weighted by Gasteiger charge is 2.17. The second kappa shape index (κ2) is 6.10. The zero-order chi connectivity index (χ0) is 16.4. The maximum atomic E-state index is 12.4. The van der Waals surface area contributed by atoms with Gasteiger partial charge in [0.1, 0.15) is 5.65 Å². The van der Waals surface area contributed by atoms with E-state index in [-0.39, 0.29) is 35.7 Å². The molecule has 0 aliphatic rings. The zero-order valence-electron chi connectivity index (χ0n) is 12.7. The summed E-state index contributed by atoms with van der Waals surface area (Å²) in [6.45, 7) is 2.29. The van der Waals surface area contributed by atoms with Crippen molar-refractivity contribution in [1.82, 2.24) is 19.0 Å². The van der Waals surface area contributed by atoms with Crippen LogP contribution in [0, 0.1) is 0 Å². The summed E-state index contributed by atoms with van der Waals surface area (Å²) >= 11 is 0. The molecule has 0 bridgehead atoms. The molecule has 0 fully saturated rings. The Balaban J connectivity index is 2.63. The predicted molar refractivity (Wildman–Crippen MR) is 80.9 cm³/mol. The van der Waals surface area contributed by atoms with Crippen molar-refractivity contribution in [2.24, 2.45) is 14.1 Å². The number of hydrogen-bond acceptors (Lipinski definition) is 5. The number of carbonyl (C=O) groups is 1. The number of nitrogens with zero attached hydrogens (tertiary/aromatic N) is 4. The Morgan fingerprint density at radius 3 is 2.59 bits per heavy atom. The minimum Gasteiger partial charge on any atom is -0.395 e. The first-order valence-corrected chi connectivity index (χ1v) is 6.88. The van der Waals surface area contributed by atoms with E-state index in [2.05, 4.69) is 4.98 Å². The molecule has 2 rings (SSSR count). The summed E-state index contributed by atoms with van der Waals surface area (Å²) in [7, 11) is 2.89. The molecule has 8 heteroatoms. The number of pyridine rings is 1. The molecular weight excluding hydrogens is 288 g/mol. The van der Waals surface area contributed by atoms with Crippen molar-refractivity contribution < 1.29 is 9.90 Å². The Kier molecular flexibility index (Phi) is 4.41. The van der Waals surface area contributed by atoms with Gasteiger partial charge >= 0.3 is 5.69 Å². The Morgan fingerprint density at radius 1 is 1.32 bits per heavy atom. The van der Waals surface area contributed by atoms with E-state index in [1.807, 2.05) is 0 Å². The van der Waals surface area contributed by atoms with Crippen LogP contribution in [0.1, 0.15) is 17.3 Å². The Bertz CT molecular complexity index is 837. The summed E-state index contributed by atoms with van der Waals surface area (Å²) in [6.07, 6.45) is 1.34. The molecule has 0 aliphatic heterocycles. The topological polar surface area (TPSA) is 97.4 Å². The molecule has 0 saturated heterocycles. The van der Waals surface area contributed by atoms with E-state index in [9.17, 15) is 14.4 Å². The zero-order valence-corrected chi connectivity index (χ0v) is 12.7. The lowest BCUT2D eigenvalue weighted by Crippen LogP contribution is -2.38. The van der Waals surface area contributed by atoms with E-state index < -0.39 is 11.2 Å². The average molecular weight is 306 g/mol. The van der Waals surface area contributed by atoms with Crippen LogP contribution in [0.15, 0.2) is 21.9 Å². The van der Waals surface area contributed by atoms with Gasteiger partial charge in [-0.1, -0.05) is 0 Å². The number of likely N-dealkylation sites (N-methyl/N-ethyl adjacent to an activating group) is 1. The van der Waals surface area contributed by atoms with Gasteiger partial charge in [0, 0.05) is 33.4 Å². The number of carbonyl (C=O) groups excluding carboxylic acids is 1. The summed E-state index contributed by atoms with van der Waals surface area (Å²) in [5, 5.41) is 9.19. The van der Waals surface area contributed by atoms with Crippen molar-refractivity contribution in [2.45, 2.75) is 6.92 Å². The van der Waals surface area contributed by atoms with Crippen LogP contribution in [-0.4, -0.2) is 49.7 Å². The average Bonchev–Trinajstić information content (AvgIpc) is 2.54. The molecule has 0 saturated carbocycles. The summed E-state index contributed by atoms with van der Waals surface area (Å²) in [5.41, 5.74) is -0.488. The van der Waals surface area contributed by atoms with Gasteiger partial charge in [-0.25, -0.2) is 9.78 Å². The van der Waals surface area contributed by atoms with Crippen LogP contribution >= 0.6 is 0 Å². The van der Waals surface area contributed by atoms with Crippen molar-refractivity contribution in [3.05, 3.63) is 38.7 Å². The Morgan fingerprint density at radius 2 is 2.00 bits per heavy atom. The van der Waals surface area contributed by atoms with E-state index in [1.165, 1.54) is 35.8 Å². The Hall–Kier alpha value is -2.48. The molecule has 1 N–H and O–H groups in total. The SMILES string of the molecule is CCN(CCO)C(=O)c1cnc2c(c1)c(=O)n(C)c(=O)n2C. The van der Waals surface area contributed by atoms with Crippen molar-refractivity contribution in [1.29, 1.82) is 0 Å². The van der Waals surface area contributed by atoms with Crippen LogP contribution in [0.3, 0.4) is 0 Å². The molecular formula is C14H18N4O4. The third-order valence-electron chi connectivity index (χ3n) is 3.58. The first-order valence-electron chi connectivity index (χ1n) is 6.88. The molecule has 0 atom stereocenters. The maximum absolute atomic E-state index is 12.4. The lowest BCUT2D eigenvalue weighted by molar-refractivity contribution is 0.0731. The van der Waals surface area contributed by atoms with Gasteiger partial charge in [0.2, 0.25) is 0 Å². The molecule has 0 spiro atoms. The Labute approximate surface area is 126 Å². The third kappa shape index (κ3) is 2.52. The number of aliphatic hydroxyl groups excluding tert-OH is 1. The van der Waals surface area contributed by atoms with Crippen LogP contribution < -0.4 is 11.2 Å². The van der Waals surface area contributed by atoms with E-state index in [0.717, 1.165) is 4.57 Å². The molecule has 2 aromatic rings. The fourth-order valence-electron chi connectivity index (χ4n) is 2.29. The van der Waals surface area contributed by atoms with Gasteiger partial charge in [0.15, 0.2) is 0 Å². The van der Waals surface area contributed by atoms with E-state index in [0.29, 0.717) is 6.54 Å². The second-order valence-corrected chi connectivity index (χ2v) is 4.91. The number of amides is 1. The highest BCUT2D eigenvalue weighted by Crippen LogP contribution is 2.10. The normalized spacial score (nSPS) is 10.9. The van der Waals surface area contributed by atoms with Crippen LogP contribution in [0.5, 0.6) is 0 Å². The summed E-state index contributed by atoms with van der Waals surface area (Å²) < 4.78 is 2.24. The first-order chi connectivity index (χ1) is 10.4. The lowest BCUT2D eigenvalue weighted by atomic mass is 10.2. The largest absolute Gasteiger partial charge is 0.395 e. The molecule has 0 aliphatic carbocycles. The third-order valence-corrected chi connectivity index (χ3v) is 3.58. The quantitative estimate of drug-likeness (QED) is 0.788. The van der Waals surface area contributed by atoms with Gasteiger partial charge < -0.3 is 10.0 Å². The first kappa shape index (κ1) is 15.9. The molecule has 0 unspecified atom stereocenters. The standard InChI is InChI=1S/C14H18N4O4/c1-4-18(5-6-19)12(20)9-7-10-11(15-8-9)16(2)14(22)17(3)13(10)21/h7-8,19H,4-6H2,1-3H3. The molecule has 22 heavy (non-hydrogen) atoms. The molecule has 0 aromatic carbocycles. The van der Waals surface area contributed by atoms with Crippen molar-refractivity contribution in [2.75, 3.05) is 19.7 Å². The van der Waals surface area contributed by atoms with Crippen LogP contribution in [0.25, 0.3) is 11.0 Å². The fraction of sp³-hybridized carbons (Fsp3) is 0.429. The van der Waals surface area contributed by atoms with E-state index in [1.54, 1.807) is 6.92 Å². The monoisotopic (exact) mass is 306 g/mol. The maximum Gasteiger partial charge on any atom is 0.332 e. The number of fused-ring (bicyclic) bond motifs is 1. The number of hydrogen-bond donors (Lipinski definition) is 1. The minimum atomic E-state index is -0.495. The minimum absolute atomic E-state index is 0.142. The summed E-state index contributed by atoms with van der Waals surface area (Å²) in [6, 6.07) is 1.44. The van der Waals surface area contributed by atoms with Gasteiger partial charge in [-0.3, -0.25) is 18.7 Å². The highest BCUT2D eigenvalue weighted by molar-refractivity contribution is 5.96. The van der Waals surface area contributed by atoms with Gasteiger partial charge in [-0.05, 0) is 13.0 Å². The van der Waals surface area contributed by atoms with Crippen LogP contribution in [-0.2, 0) is 14.1 Å². The van der Waals surface area contributed by atoms with Gasteiger partial charge in [-0.15, -0.1) is 0 Å². The summed E-state index contributed by atoms with van der Waals surface area (Å²) in [5.74, 6) is -0.318. The molecule has 2 heterocycles. The lowest BCUT2D eigenvalue weighted by Gasteiger charge is -2.19. The van der Waals surface area contributed by atoms with Crippen molar-refractivity contribution in [3.8, 4) is 0 Å².